The maximum Gasteiger partial charge on any atom is 0.416 e. The summed E-state index contributed by atoms with van der Waals surface area (Å²) in [5.74, 6) is -0.364. The van der Waals surface area contributed by atoms with Crippen LogP contribution in [0.5, 0.6) is 0 Å². The van der Waals surface area contributed by atoms with Crippen molar-refractivity contribution in [2.45, 2.75) is 63.6 Å². The molecule has 1 fully saturated rings. The average molecular weight is 313 g/mol. The molecule has 0 aromatic heterocycles. The molecule has 1 aromatic rings. The van der Waals surface area contributed by atoms with Gasteiger partial charge in [-0.3, -0.25) is 4.79 Å². The van der Waals surface area contributed by atoms with Crippen molar-refractivity contribution in [2.24, 2.45) is 0 Å². The number of carbonyl (C=O) groups excluding carboxylic acids is 1. The van der Waals surface area contributed by atoms with Gasteiger partial charge in [-0.1, -0.05) is 44.4 Å². The number of carbonyl (C=O) groups is 1. The molecule has 2 nitrogen and oxygen atoms in total. The Bertz CT molecular complexity index is 513. The molecule has 2 atom stereocenters. The average Bonchev–Trinajstić information content (AvgIpc) is 2.71. The second-order valence-electron chi connectivity index (χ2n) is 5.86. The van der Waals surface area contributed by atoms with E-state index in [9.17, 15) is 18.0 Å². The zero-order valence-electron chi connectivity index (χ0n) is 12.7. The number of rotatable bonds is 3. The van der Waals surface area contributed by atoms with E-state index in [-0.39, 0.29) is 17.9 Å². The van der Waals surface area contributed by atoms with Crippen molar-refractivity contribution in [3.05, 3.63) is 35.4 Å². The quantitative estimate of drug-likeness (QED) is 0.809. The van der Waals surface area contributed by atoms with Gasteiger partial charge >= 0.3 is 6.18 Å². The summed E-state index contributed by atoms with van der Waals surface area (Å²) < 4.78 is 39.8. The molecule has 2 rings (SSSR count). The molecule has 1 aromatic carbocycles. The lowest BCUT2D eigenvalue weighted by Gasteiger charge is -2.28. The van der Waals surface area contributed by atoms with Crippen LogP contribution >= 0.6 is 0 Å². The number of amides is 1. The Kier molecular flexibility index (Phi) is 5.48. The number of alkyl halides is 3. The van der Waals surface area contributed by atoms with E-state index in [1.54, 1.807) is 19.1 Å². The summed E-state index contributed by atoms with van der Waals surface area (Å²) >= 11 is 0. The van der Waals surface area contributed by atoms with E-state index in [1.165, 1.54) is 6.07 Å². The van der Waals surface area contributed by atoms with E-state index in [0.29, 0.717) is 18.4 Å². The number of hydrogen-bond acceptors (Lipinski definition) is 1. The van der Waals surface area contributed by atoms with Gasteiger partial charge in [0.15, 0.2) is 0 Å². The monoisotopic (exact) mass is 313 g/mol. The standard InChI is InChI=1S/C17H22F3NO/c1-2-16(22)21-15-11-5-3-4-9-13(15)12-8-6-7-10-14(12)17(18,19)20/h6-8,10,13,15H,2-5,9,11H2,1H3,(H,21,22)/t13-,15+/m0/s1. The van der Waals surface area contributed by atoms with E-state index in [2.05, 4.69) is 5.32 Å². The minimum absolute atomic E-state index is 0.0959. The van der Waals surface area contributed by atoms with Gasteiger partial charge in [-0.15, -0.1) is 0 Å². The number of hydrogen-bond donors (Lipinski definition) is 1. The topological polar surface area (TPSA) is 29.1 Å². The van der Waals surface area contributed by atoms with Crippen molar-refractivity contribution < 1.29 is 18.0 Å². The Morgan fingerprint density at radius 2 is 1.86 bits per heavy atom. The summed E-state index contributed by atoms with van der Waals surface area (Å²) in [6.07, 6.45) is 0.259. The van der Waals surface area contributed by atoms with Gasteiger partial charge in [0.2, 0.25) is 5.91 Å². The Hall–Kier alpha value is -1.52. The van der Waals surface area contributed by atoms with Crippen molar-refractivity contribution in [3.8, 4) is 0 Å². The first-order chi connectivity index (χ1) is 10.4. The Balaban J connectivity index is 2.35. The van der Waals surface area contributed by atoms with E-state index in [0.717, 1.165) is 31.7 Å². The summed E-state index contributed by atoms with van der Waals surface area (Å²) in [6.45, 7) is 1.75. The lowest BCUT2D eigenvalue weighted by atomic mass is 9.84. The fourth-order valence-corrected chi connectivity index (χ4v) is 3.24. The van der Waals surface area contributed by atoms with Crippen LogP contribution in [0.4, 0.5) is 13.2 Å². The summed E-state index contributed by atoms with van der Waals surface area (Å²) in [6, 6.07) is 5.55. The molecule has 0 saturated heterocycles. The number of benzene rings is 1. The predicted octanol–water partition coefficient (Wildman–Crippen LogP) is 4.65. The highest BCUT2D eigenvalue weighted by molar-refractivity contribution is 5.76. The molecule has 0 radical (unpaired) electrons. The molecular formula is C17H22F3NO. The van der Waals surface area contributed by atoms with Crippen LogP contribution in [0.1, 0.15) is 62.5 Å². The molecule has 1 aliphatic rings. The maximum absolute atomic E-state index is 13.3. The molecule has 5 heteroatoms. The fraction of sp³-hybridized carbons (Fsp3) is 0.588. The Morgan fingerprint density at radius 1 is 1.18 bits per heavy atom. The SMILES string of the molecule is CCC(=O)N[C@@H]1CCCCC[C@H]1c1ccccc1C(F)(F)F. The third-order valence-electron chi connectivity index (χ3n) is 4.35. The highest BCUT2D eigenvalue weighted by atomic mass is 19.4. The third kappa shape index (κ3) is 4.02. The first-order valence-corrected chi connectivity index (χ1v) is 7.89. The van der Waals surface area contributed by atoms with Gasteiger partial charge in [0.05, 0.1) is 5.56 Å². The molecule has 1 amide bonds. The van der Waals surface area contributed by atoms with Crippen LogP contribution in [0.25, 0.3) is 0 Å². The second-order valence-corrected chi connectivity index (χ2v) is 5.86. The van der Waals surface area contributed by atoms with E-state index in [1.807, 2.05) is 0 Å². The van der Waals surface area contributed by atoms with E-state index in [4.69, 9.17) is 0 Å². The van der Waals surface area contributed by atoms with E-state index >= 15 is 0 Å². The van der Waals surface area contributed by atoms with Crippen molar-refractivity contribution in [2.75, 3.05) is 0 Å². The van der Waals surface area contributed by atoms with Gasteiger partial charge in [-0.25, -0.2) is 0 Å². The van der Waals surface area contributed by atoms with Crippen LogP contribution in [0.15, 0.2) is 24.3 Å². The number of nitrogens with one attached hydrogen (secondary N) is 1. The highest BCUT2D eigenvalue weighted by Gasteiger charge is 2.37. The first-order valence-electron chi connectivity index (χ1n) is 7.89. The minimum Gasteiger partial charge on any atom is -0.353 e. The lowest BCUT2D eigenvalue weighted by Crippen LogP contribution is -2.39. The van der Waals surface area contributed by atoms with Crippen LogP contribution in [-0.2, 0) is 11.0 Å². The predicted molar refractivity (Wildman–Crippen MR) is 79.5 cm³/mol. The molecule has 22 heavy (non-hydrogen) atoms. The third-order valence-corrected chi connectivity index (χ3v) is 4.35. The van der Waals surface area contributed by atoms with Crippen molar-refractivity contribution in [1.29, 1.82) is 0 Å². The normalized spacial score (nSPS) is 22.9. The van der Waals surface area contributed by atoms with Gasteiger partial charge in [0.1, 0.15) is 0 Å². The fourth-order valence-electron chi connectivity index (χ4n) is 3.24. The van der Waals surface area contributed by atoms with Crippen LogP contribution in [0.2, 0.25) is 0 Å². The summed E-state index contributed by atoms with van der Waals surface area (Å²) in [4.78, 5) is 11.7. The smallest absolute Gasteiger partial charge is 0.353 e. The first kappa shape index (κ1) is 16.8. The highest BCUT2D eigenvalue weighted by Crippen LogP contribution is 2.40. The molecule has 122 valence electrons. The van der Waals surface area contributed by atoms with Crippen LogP contribution < -0.4 is 5.32 Å². The summed E-state index contributed by atoms with van der Waals surface area (Å²) in [7, 11) is 0. The van der Waals surface area contributed by atoms with Gasteiger partial charge in [-0.05, 0) is 24.5 Å². The molecule has 1 saturated carbocycles. The molecule has 0 bridgehead atoms. The molecule has 0 unspecified atom stereocenters. The summed E-state index contributed by atoms with van der Waals surface area (Å²) in [5, 5.41) is 2.93. The minimum atomic E-state index is -4.36. The van der Waals surface area contributed by atoms with Gasteiger partial charge in [0.25, 0.3) is 0 Å². The molecule has 0 aliphatic heterocycles. The van der Waals surface area contributed by atoms with Gasteiger partial charge in [-0.2, -0.15) is 13.2 Å². The lowest BCUT2D eigenvalue weighted by molar-refractivity contribution is -0.138. The van der Waals surface area contributed by atoms with E-state index < -0.39 is 11.7 Å². The molecule has 0 heterocycles. The molecule has 0 spiro atoms. The van der Waals surface area contributed by atoms with Gasteiger partial charge < -0.3 is 5.32 Å². The Morgan fingerprint density at radius 3 is 2.55 bits per heavy atom. The van der Waals surface area contributed by atoms with Crippen LogP contribution in [0.3, 0.4) is 0 Å². The number of halogens is 3. The Labute approximate surface area is 129 Å². The van der Waals surface area contributed by atoms with Gasteiger partial charge in [0, 0.05) is 18.4 Å². The molecule has 1 aliphatic carbocycles. The second kappa shape index (κ2) is 7.16. The largest absolute Gasteiger partial charge is 0.416 e. The van der Waals surface area contributed by atoms with Crippen molar-refractivity contribution in [1.82, 2.24) is 5.32 Å². The zero-order chi connectivity index (χ0) is 16.2. The zero-order valence-corrected chi connectivity index (χ0v) is 12.7. The van der Waals surface area contributed by atoms with Crippen molar-refractivity contribution >= 4 is 5.91 Å². The van der Waals surface area contributed by atoms with Crippen molar-refractivity contribution in [3.63, 3.8) is 0 Å². The molecule has 1 N–H and O–H groups in total. The molecular weight excluding hydrogens is 291 g/mol. The maximum atomic E-state index is 13.3. The van der Waals surface area contributed by atoms with Crippen LogP contribution in [0, 0.1) is 0 Å². The van der Waals surface area contributed by atoms with Crippen LogP contribution in [-0.4, -0.2) is 11.9 Å². The summed E-state index contributed by atoms with van der Waals surface area (Å²) in [5.41, 5.74) is -0.254.